The molecular weight excluding hydrogens is 432 g/mol. The summed E-state index contributed by atoms with van der Waals surface area (Å²) in [5.41, 5.74) is -1.62. The normalized spacial score (nSPS) is 11.5. The highest BCUT2D eigenvalue weighted by molar-refractivity contribution is 14.1. The highest BCUT2D eigenvalue weighted by Crippen LogP contribution is 2.24. The van der Waals surface area contributed by atoms with Gasteiger partial charge in [0.25, 0.3) is 0 Å². The zero-order valence-electron chi connectivity index (χ0n) is 11.3. The van der Waals surface area contributed by atoms with Gasteiger partial charge in [-0.05, 0) is 46.7 Å². The van der Waals surface area contributed by atoms with Gasteiger partial charge in [0.1, 0.15) is 0 Å². The van der Waals surface area contributed by atoms with Crippen LogP contribution in [0.1, 0.15) is 5.56 Å². The Bertz CT molecular complexity index is 726. The van der Waals surface area contributed by atoms with Gasteiger partial charge in [0.15, 0.2) is 0 Å². The lowest BCUT2D eigenvalue weighted by molar-refractivity contribution is -0.0510. The zero-order valence-corrected chi connectivity index (χ0v) is 14.3. The zero-order chi connectivity index (χ0) is 17.0. The van der Waals surface area contributed by atoms with Crippen molar-refractivity contribution in [1.29, 1.82) is 0 Å². The van der Waals surface area contributed by atoms with Crippen molar-refractivity contribution >= 4 is 32.7 Å². The minimum atomic E-state index is -5.84. The minimum absolute atomic E-state index is 1.29. The van der Waals surface area contributed by atoms with Crippen molar-refractivity contribution in [2.45, 2.75) is 12.4 Å². The van der Waals surface area contributed by atoms with Crippen LogP contribution in [0.2, 0.25) is 0 Å². The lowest BCUT2D eigenvalue weighted by Gasteiger charge is -2.04. The van der Waals surface area contributed by atoms with Crippen LogP contribution in [0.5, 0.6) is 0 Å². The summed E-state index contributed by atoms with van der Waals surface area (Å²) < 4.78 is 58.8. The van der Waals surface area contributed by atoms with Gasteiger partial charge in [-0.25, -0.2) is 0 Å². The molecule has 120 valence electrons. The molecule has 2 rings (SSSR count). The summed E-state index contributed by atoms with van der Waals surface area (Å²) in [7, 11) is -5.84. The molecule has 2 aromatic carbocycles. The predicted molar refractivity (Wildman–Crippen MR) is 86.9 cm³/mol. The fourth-order valence-electron chi connectivity index (χ4n) is 1.43. The number of alkyl halides is 3. The molecule has 0 heterocycles. The molecule has 0 aliphatic heterocycles. The standard InChI is InChI=1S/C13H11I.CHF3O3S/c1-10-6-8-11(9-7-10)12-4-2-3-5-13(12)14;2-1(3,4)8(5,6)7/h2-9H,1H3;(H,5,6,7). The van der Waals surface area contributed by atoms with Crippen molar-refractivity contribution in [3.05, 3.63) is 57.7 Å². The van der Waals surface area contributed by atoms with E-state index in [4.69, 9.17) is 13.0 Å². The maximum absolute atomic E-state index is 10.7. The van der Waals surface area contributed by atoms with Crippen LogP contribution >= 0.6 is 22.6 Å². The fourth-order valence-corrected chi connectivity index (χ4v) is 2.13. The van der Waals surface area contributed by atoms with Crippen LogP contribution in [0, 0.1) is 10.5 Å². The van der Waals surface area contributed by atoms with Gasteiger partial charge in [0.2, 0.25) is 0 Å². The molecule has 22 heavy (non-hydrogen) atoms. The van der Waals surface area contributed by atoms with Gasteiger partial charge in [0.05, 0.1) is 0 Å². The monoisotopic (exact) mass is 444 g/mol. The van der Waals surface area contributed by atoms with Gasteiger partial charge < -0.3 is 0 Å². The van der Waals surface area contributed by atoms with Crippen LogP contribution in [0.25, 0.3) is 11.1 Å². The predicted octanol–water partition coefficient (Wildman–Crippen LogP) is 4.66. The summed E-state index contributed by atoms with van der Waals surface area (Å²) in [4.78, 5) is 0. The van der Waals surface area contributed by atoms with Gasteiger partial charge >= 0.3 is 15.6 Å². The largest absolute Gasteiger partial charge is 0.522 e. The molecule has 0 aliphatic rings. The summed E-state index contributed by atoms with van der Waals surface area (Å²) in [6.07, 6.45) is 0. The third-order valence-corrected chi connectivity index (χ3v) is 4.05. The third kappa shape index (κ3) is 5.58. The first-order valence-electron chi connectivity index (χ1n) is 5.87. The Labute approximate surface area is 140 Å². The van der Waals surface area contributed by atoms with Crippen LogP contribution < -0.4 is 0 Å². The molecule has 0 aliphatic carbocycles. The first-order valence-corrected chi connectivity index (χ1v) is 8.39. The highest BCUT2D eigenvalue weighted by atomic mass is 127. The molecule has 0 atom stereocenters. The number of aryl methyl sites for hydroxylation is 1. The van der Waals surface area contributed by atoms with E-state index in [0.29, 0.717) is 0 Å². The van der Waals surface area contributed by atoms with E-state index in [1.807, 2.05) is 0 Å². The lowest BCUT2D eigenvalue weighted by atomic mass is 10.0. The van der Waals surface area contributed by atoms with E-state index in [1.54, 1.807) is 0 Å². The first-order chi connectivity index (χ1) is 10.0. The van der Waals surface area contributed by atoms with E-state index in [2.05, 4.69) is 78.0 Å². The first kappa shape index (κ1) is 18.9. The van der Waals surface area contributed by atoms with Crippen LogP contribution in [0.15, 0.2) is 48.5 Å². The van der Waals surface area contributed by atoms with E-state index in [9.17, 15) is 13.2 Å². The summed E-state index contributed by atoms with van der Waals surface area (Å²) >= 11 is 2.37. The van der Waals surface area contributed by atoms with Crippen LogP contribution in [-0.2, 0) is 10.1 Å². The Morgan fingerprint density at radius 3 is 1.86 bits per heavy atom. The second-order valence-corrected chi connectivity index (χ2v) is 6.84. The quantitative estimate of drug-likeness (QED) is 0.396. The molecule has 3 nitrogen and oxygen atoms in total. The lowest BCUT2D eigenvalue weighted by Crippen LogP contribution is -2.21. The van der Waals surface area contributed by atoms with E-state index < -0.39 is 15.6 Å². The molecule has 2 aromatic rings. The summed E-state index contributed by atoms with van der Waals surface area (Å²) in [6.45, 7) is 2.11. The van der Waals surface area contributed by atoms with Gasteiger partial charge in [-0.2, -0.15) is 21.6 Å². The Morgan fingerprint density at radius 2 is 1.45 bits per heavy atom. The minimum Gasteiger partial charge on any atom is -0.279 e. The van der Waals surface area contributed by atoms with Gasteiger partial charge in [-0.15, -0.1) is 0 Å². The van der Waals surface area contributed by atoms with E-state index in [0.717, 1.165) is 0 Å². The summed E-state index contributed by atoms with van der Waals surface area (Å²) in [6, 6.07) is 17.1. The van der Waals surface area contributed by atoms with Crippen molar-refractivity contribution < 1.29 is 26.1 Å². The average molecular weight is 444 g/mol. The second kappa shape index (κ2) is 7.42. The SMILES string of the molecule is Cc1ccc(-c2ccccc2I)cc1.O=S(=O)(O)C(F)(F)F. The third-order valence-electron chi connectivity index (χ3n) is 2.53. The molecule has 0 bridgehead atoms. The van der Waals surface area contributed by atoms with Crippen molar-refractivity contribution in [2.75, 3.05) is 0 Å². The van der Waals surface area contributed by atoms with Gasteiger partial charge in [0, 0.05) is 3.57 Å². The highest BCUT2D eigenvalue weighted by Gasteiger charge is 2.44. The van der Waals surface area contributed by atoms with Gasteiger partial charge in [-0.1, -0.05) is 48.0 Å². The fraction of sp³-hybridized carbons (Fsp3) is 0.143. The molecule has 0 unspecified atom stereocenters. The number of hydrogen-bond donors (Lipinski definition) is 1. The van der Waals surface area contributed by atoms with Crippen LogP contribution in [0.3, 0.4) is 0 Å². The van der Waals surface area contributed by atoms with Crippen molar-refractivity contribution in [3.63, 3.8) is 0 Å². The Morgan fingerprint density at radius 1 is 1.00 bits per heavy atom. The molecule has 0 spiro atoms. The smallest absolute Gasteiger partial charge is 0.279 e. The maximum atomic E-state index is 10.7. The summed E-state index contributed by atoms with van der Waals surface area (Å²) in [5, 5.41) is 0. The Hall–Kier alpha value is -1.13. The molecule has 0 saturated heterocycles. The van der Waals surface area contributed by atoms with E-state index in [-0.39, 0.29) is 0 Å². The molecular formula is C14H12F3IO3S. The second-order valence-electron chi connectivity index (χ2n) is 4.27. The number of benzene rings is 2. The topological polar surface area (TPSA) is 54.4 Å². The van der Waals surface area contributed by atoms with Crippen LogP contribution in [0.4, 0.5) is 13.2 Å². The van der Waals surface area contributed by atoms with Gasteiger partial charge in [-0.3, -0.25) is 4.55 Å². The Balaban J connectivity index is 0.000000261. The number of rotatable bonds is 1. The average Bonchev–Trinajstić information content (AvgIpc) is 2.39. The molecule has 0 radical (unpaired) electrons. The van der Waals surface area contributed by atoms with Crippen molar-refractivity contribution in [1.82, 2.24) is 0 Å². The van der Waals surface area contributed by atoms with E-state index >= 15 is 0 Å². The molecule has 8 heteroatoms. The number of hydrogen-bond acceptors (Lipinski definition) is 2. The summed E-state index contributed by atoms with van der Waals surface area (Å²) in [5.74, 6) is 0. The molecule has 0 amide bonds. The Kier molecular flexibility index (Phi) is 6.38. The van der Waals surface area contributed by atoms with Crippen LogP contribution in [-0.4, -0.2) is 18.5 Å². The molecule has 0 aromatic heterocycles. The number of halogens is 4. The van der Waals surface area contributed by atoms with Crippen molar-refractivity contribution in [3.8, 4) is 11.1 Å². The molecule has 1 N–H and O–H groups in total. The maximum Gasteiger partial charge on any atom is 0.522 e. The molecule has 0 saturated carbocycles. The molecule has 0 fully saturated rings. The van der Waals surface area contributed by atoms with E-state index in [1.165, 1.54) is 20.3 Å². The van der Waals surface area contributed by atoms with Crippen molar-refractivity contribution in [2.24, 2.45) is 0 Å².